The van der Waals surface area contributed by atoms with E-state index in [1.165, 1.54) is 6.07 Å². The number of nitrogens with two attached hydrogens (primary N) is 1. The standard InChI is InChI=1S/C28H26F3N5O/c1-17(18-2-4-19(5-3-18)25-13-23(28(29,30)31)7-6-21(25)14-32)35-27(37)26-12-20(10-11-33-26)22-15-34-36(16-22)24-8-9-24/h2-7,10-13,15-17,24H,8-9,14,32H2,1H3,(H,35,37)/t17-/m1/s1. The number of benzene rings is 2. The van der Waals surface area contributed by atoms with Crippen molar-refractivity contribution in [3.8, 4) is 22.3 Å². The van der Waals surface area contributed by atoms with E-state index in [0.717, 1.165) is 41.7 Å². The van der Waals surface area contributed by atoms with E-state index in [2.05, 4.69) is 15.4 Å². The highest BCUT2D eigenvalue weighted by molar-refractivity contribution is 5.93. The van der Waals surface area contributed by atoms with Crippen LogP contribution in [0.5, 0.6) is 0 Å². The van der Waals surface area contributed by atoms with Crippen molar-refractivity contribution in [1.29, 1.82) is 0 Å². The zero-order valence-electron chi connectivity index (χ0n) is 20.2. The molecule has 9 heteroatoms. The molecule has 6 nitrogen and oxygen atoms in total. The predicted octanol–water partition coefficient (Wildman–Crippen LogP) is 5.92. The summed E-state index contributed by atoms with van der Waals surface area (Å²) in [5.74, 6) is -0.323. The number of nitrogens with one attached hydrogen (secondary N) is 1. The van der Waals surface area contributed by atoms with Crippen molar-refractivity contribution in [1.82, 2.24) is 20.1 Å². The van der Waals surface area contributed by atoms with Gasteiger partial charge in [-0.2, -0.15) is 18.3 Å². The minimum Gasteiger partial charge on any atom is -0.344 e. The molecule has 190 valence electrons. The van der Waals surface area contributed by atoms with Gasteiger partial charge in [-0.15, -0.1) is 0 Å². The van der Waals surface area contributed by atoms with E-state index >= 15 is 0 Å². The molecule has 1 aliphatic carbocycles. The van der Waals surface area contributed by atoms with Gasteiger partial charge in [-0.1, -0.05) is 30.3 Å². The smallest absolute Gasteiger partial charge is 0.344 e. The molecule has 2 heterocycles. The van der Waals surface area contributed by atoms with Gasteiger partial charge in [0, 0.05) is 24.5 Å². The van der Waals surface area contributed by atoms with Crippen LogP contribution in [0.25, 0.3) is 22.3 Å². The number of aromatic nitrogens is 3. The normalized spacial score (nSPS) is 14.4. The molecule has 3 N–H and O–H groups in total. The Balaban J connectivity index is 1.30. The molecule has 0 unspecified atom stereocenters. The highest BCUT2D eigenvalue weighted by atomic mass is 19.4. The van der Waals surface area contributed by atoms with Crippen molar-refractivity contribution in [2.75, 3.05) is 0 Å². The number of hydrogen-bond acceptors (Lipinski definition) is 4. The van der Waals surface area contributed by atoms with Crippen molar-refractivity contribution in [3.63, 3.8) is 0 Å². The van der Waals surface area contributed by atoms with Gasteiger partial charge in [0.2, 0.25) is 0 Å². The molecule has 0 spiro atoms. The van der Waals surface area contributed by atoms with E-state index in [0.29, 0.717) is 22.7 Å². The molecular weight excluding hydrogens is 479 g/mol. The molecule has 0 aliphatic heterocycles. The summed E-state index contributed by atoms with van der Waals surface area (Å²) in [4.78, 5) is 17.1. The minimum absolute atomic E-state index is 0.120. The van der Waals surface area contributed by atoms with E-state index in [1.807, 2.05) is 23.9 Å². The van der Waals surface area contributed by atoms with E-state index in [9.17, 15) is 18.0 Å². The molecule has 1 saturated carbocycles. The summed E-state index contributed by atoms with van der Waals surface area (Å²) in [5.41, 5.74) is 9.60. The fourth-order valence-electron chi connectivity index (χ4n) is 4.26. The molecule has 4 aromatic rings. The van der Waals surface area contributed by atoms with Crippen LogP contribution in [0.15, 0.2) is 73.2 Å². The second-order valence-electron chi connectivity index (χ2n) is 9.26. The third-order valence-corrected chi connectivity index (χ3v) is 6.57. The molecule has 2 aromatic heterocycles. The first kappa shape index (κ1) is 24.7. The van der Waals surface area contributed by atoms with Crippen LogP contribution in [0.3, 0.4) is 0 Å². The maximum atomic E-state index is 13.2. The zero-order valence-corrected chi connectivity index (χ0v) is 20.2. The Kier molecular flexibility index (Phi) is 6.55. The lowest BCUT2D eigenvalue weighted by atomic mass is 9.95. The van der Waals surface area contributed by atoms with Crippen molar-refractivity contribution in [3.05, 3.63) is 95.6 Å². The van der Waals surface area contributed by atoms with Gasteiger partial charge in [-0.25, -0.2) is 0 Å². The summed E-state index contributed by atoms with van der Waals surface area (Å²) in [6.45, 7) is 1.96. The first-order valence-electron chi connectivity index (χ1n) is 12.0. The average Bonchev–Trinajstić information content (AvgIpc) is 3.64. The van der Waals surface area contributed by atoms with Crippen LogP contribution in [0.1, 0.15) is 59.0 Å². The fraction of sp³-hybridized carbons (Fsp3) is 0.250. The topological polar surface area (TPSA) is 85.8 Å². The maximum absolute atomic E-state index is 13.2. The fourth-order valence-corrected chi connectivity index (χ4v) is 4.26. The summed E-state index contributed by atoms with van der Waals surface area (Å²) in [5, 5.41) is 7.35. The largest absolute Gasteiger partial charge is 0.416 e. The van der Waals surface area contributed by atoms with Crippen LogP contribution in [0.4, 0.5) is 13.2 Å². The third kappa shape index (κ3) is 5.41. The van der Waals surface area contributed by atoms with Crippen molar-refractivity contribution in [2.24, 2.45) is 5.73 Å². The van der Waals surface area contributed by atoms with E-state index in [-0.39, 0.29) is 24.2 Å². The molecule has 1 aliphatic rings. The monoisotopic (exact) mass is 505 g/mol. The number of rotatable bonds is 7. The second-order valence-corrected chi connectivity index (χ2v) is 9.26. The molecule has 1 atom stereocenters. The number of carbonyl (C=O) groups excluding carboxylic acids is 1. The van der Waals surface area contributed by atoms with Gasteiger partial charge in [0.25, 0.3) is 5.91 Å². The third-order valence-electron chi connectivity index (χ3n) is 6.57. The van der Waals surface area contributed by atoms with Gasteiger partial charge in [-0.05, 0) is 71.8 Å². The van der Waals surface area contributed by atoms with Crippen molar-refractivity contribution < 1.29 is 18.0 Å². The van der Waals surface area contributed by atoms with E-state index in [1.54, 1.807) is 42.7 Å². The Bertz CT molecular complexity index is 1420. The van der Waals surface area contributed by atoms with Gasteiger partial charge in [0.1, 0.15) is 5.69 Å². The molecule has 0 radical (unpaired) electrons. The summed E-state index contributed by atoms with van der Waals surface area (Å²) in [7, 11) is 0. The maximum Gasteiger partial charge on any atom is 0.416 e. The number of halogens is 3. The highest BCUT2D eigenvalue weighted by Crippen LogP contribution is 2.36. The molecule has 0 bridgehead atoms. The molecule has 2 aromatic carbocycles. The number of hydrogen-bond donors (Lipinski definition) is 2. The number of carbonyl (C=O) groups is 1. The lowest BCUT2D eigenvalue weighted by Gasteiger charge is -2.16. The van der Waals surface area contributed by atoms with Crippen LogP contribution in [0, 0.1) is 0 Å². The van der Waals surface area contributed by atoms with Crippen molar-refractivity contribution >= 4 is 5.91 Å². The number of amides is 1. The van der Waals surface area contributed by atoms with Gasteiger partial charge >= 0.3 is 6.18 Å². The van der Waals surface area contributed by atoms with Crippen LogP contribution in [-0.4, -0.2) is 20.7 Å². The number of pyridine rings is 1. The summed E-state index contributed by atoms with van der Waals surface area (Å²) in [6, 6.07) is 14.3. The Hall–Kier alpha value is -3.98. The molecule has 1 fully saturated rings. The Morgan fingerprint density at radius 3 is 2.51 bits per heavy atom. The number of nitrogens with zero attached hydrogens (tertiary/aromatic N) is 3. The molecule has 1 amide bonds. The quantitative estimate of drug-likeness (QED) is 0.327. The van der Waals surface area contributed by atoms with Gasteiger partial charge in [-0.3, -0.25) is 14.5 Å². The highest BCUT2D eigenvalue weighted by Gasteiger charge is 2.31. The second kappa shape index (κ2) is 9.82. The predicted molar refractivity (Wildman–Crippen MR) is 134 cm³/mol. The van der Waals surface area contributed by atoms with E-state index in [4.69, 9.17) is 5.73 Å². The average molecular weight is 506 g/mol. The first-order valence-corrected chi connectivity index (χ1v) is 12.0. The van der Waals surface area contributed by atoms with Crippen molar-refractivity contribution in [2.45, 2.75) is 44.6 Å². The summed E-state index contributed by atoms with van der Waals surface area (Å²) >= 11 is 0. The Morgan fingerprint density at radius 2 is 1.84 bits per heavy atom. The molecule has 0 saturated heterocycles. The Morgan fingerprint density at radius 1 is 1.08 bits per heavy atom. The van der Waals surface area contributed by atoms with Gasteiger partial charge in [0.05, 0.1) is 23.8 Å². The van der Waals surface area contributed by atoms with E-state index < -0.39 is 11.7 Å². The van der Waals surface area contributed by atoms with Gasteiger partial charge in [0.15, 0.2) is 0 Å². The molecule has 37 heavy (non-hydrogen) atoms. The number of alkyl halides is 3. The molecule has 5 rings (SSSR count). The SMILES string of the molecule is C[C@@H](NC(=O)c1cc(-c2cnn(C3CC3)c2)ccn1)c1ccc(-c2cc(C(F)(F)F)ccc2CN)cc1. The van der Waals surface area contributed by atoms with Crippen LogP contribution in [-0.2, 0) is 12.7 Å². The first-order chi connectivity index (χ1) is 17.7. The summed E-state index contributed by atoms with van der Waals surface area (Å²) < 4.78 is 41.6. The Labute approximate surface area is 212 Å². The minimum atomic E-state index is -4.44. The van der Waals surface area contributed by atoms with Crippen LogP contribution < -0.4 is 11.1 Å². The molecular formula is C28H26F3N5O. The van der Waals surface area contributed by atoms with Crippen LogP contribution in [0.2, 0.25) is 0 Å². The van der Waals surface area contributed by atoms with Gasteiger partial charge < -0.3 is 11.1 Å². The lowest BCUT2D eigenvalue weighted by Crippen LogP contribution is -2.27. The zero-order chi connectivity index (χ0) is 26.2. The summed E-state index contributed by atoms with van der Waals surface area (Å²) in [6.07, 6.45) is 3.21. The van der Waals surface area contributed by atoms with Crippen LogP contribution >= 0.6 is 0 Å². The lowest BCUT2D eigenvalue weighted by molar-refractivity contribution is -0.137.